The van der Waals surface area contributed by atoms with E-state index in [4.69, 9.17) is 0 Å². The van der Waals surface area contributed by atoms with Crippen molar-refractivity contribution >= 4 is 11.8 Å². The first-order valence-electron chi connectivity index (χ1n) is 12.3. The Morgan fingerprint density at radius 2 is 1.39 bits per heavy atom. The van der Waals surface area contributed by atoms with Crippen LogP contribution in [0, 0.1) is 5.92 Å². The summed E-state index contributed by atoms with van der Waals surface area (Å²) in [6.45, 7) is 12.2. The molecule has 0 atom stereocenters. The first-order chi connectivity index (χ1) is 15.8. The van der Waals surface area contributed by atoms with Gasteiger partial charge in [-0.3, -0.25) is 14.5 Å². The third-order valence-corrected chi connectivity index (χ3v) is 7.06. The third-order valence-electron chi connectivity index (χ3n) is 7.06. The zero-order valence-electron chi connectivity index (χ0n) is 20.3. The van der Waals surface area contributed by atoms with Gasteiger partial charge in [0.1, 0.15) is 0 Å². The quantitative estimate of drug-likeness (QED) is 0.706. The van der Waals surface area contributed by atoms with Gasteiger partial charge in [-0.05, 0) is 41.5 Å². The molecule has 2 fully saturated rings. The Labute approximate surface area is 198 Å². The second-order valence-corrected chi connectivity index (χ2v) is 10.5. The molecule has 0 radical (unpaired) electrons. The molecule has 0 aromatic heterocycles. The fourth-order valence-corrected chi connectivity index (χ4v) is 4.85. The molecule has 0 saturated carbocycles. The fraction of sp³-hybridized carbons (Fsp3) is 0.500. The Morgan fingerprint density at radius 1 is 0.788 bits per heavy atom. The molecular formula is C28H37N3O2. The molecule has 0 aliphatic carbocycles. The summed E-state index contributed by atoms with van der Waals surface area (Å²) in [6.07, 6.45) is 1.52. The van der Waals surface area contributed by atoms with Crippen LogP contribution in [0.3, 0.4) is 0 Å². The van der Waals surface area contributed by atoms with Gasteiger partial charge in [0.15, 0.2) is 0 Å². The van der Waals surface area contributed by atoms with Gasteiger partial charge in [0.05, 0.1) is 0 Å². The molecule has 4 rings (SSSR count). The maximum Gasteiger partial charge on any atom is 0.253 e. The normalized spacial score (nSPS) is 18.4. The number of amides is 2. The number of nitrogens with zero attached hydrogens (tertiary/aromatic N) is 3. The van der Waals surface area contributed by atoms with Crippen molar-refractivity contribution in [2.24, 2.45) is 5.92 Å². The highest BCUT2D eigenvalue weighted by atomic mass is 16.2. The predicted octanol–water partition coefficient (Wildman–Crippen LogP) is 4.18. The SMILES string of the molecule is CC(C)(C)c1ccc(C(=O)N2CCC(C(=O)N3CCN(Cc4ccccc4)CC3)CC2)cc1. The van der Waals surface area contributed by atoms with Crippen molar-refractivity contribution in [3.8, 4) is 0 Å². The summed E-state index contributed by atoms with van der Waals surface area (Å²) in [5.41, 5.74) is 3.37. The largest absolute Gasteiger partial charge is 0.340 e. The number of hydrogen-bond donors (Lipinski definition) is 0. The lowest BCUT2D eigenvalue weighted by Gasteiger charge is -2.38. The van der Waals surface area contributed by atoms with Gasteiger partial charge in [-0.25, -0.2) is 0 Å². The minimum atomic E-state index is 0.0398. The molecule has 5 heteroatoms. The second-order valence-electron chi connectivity index (χ2n) is 10.5. The van der Waals surface area contributed by atoms with Crippen LogP contribution in [0.5, 0.6) is 0 Å². The Balaban J connectivity index is 1.24. The average Bonchev–Trinajstić information content (AvgIpc) is 2.84. The van der Waals surface area contributed by atoms with Crippen LogP contribution in [0.1, 0.15) is 55.1 Å². The van der Waals surface area contributed by atoms with E-state index in [-0.39, 0.29) is 23.1 Å². The van der Waals surface area contributed by atoms with Gasteiger partial charge >= 0.3 is 0 Å². The minimum absolute atomic E-state index is 0.0398. The molecule has 33 heavy (non-hydrogen) atoms. The monoisotopic (exact) mass is 447 g/mol. The number of piperidine rings is 1. The Morgan fingerprint density at radius 3 is 1.97 bits per heavy atom. The van der Waals surface area contributed by atoms with Gasteiger partial charge < -0.3 is 9.80 Å². The van der Waals surface area contributed by atoms with E-state index >= 15 is 0 Å². The number of carbonyl (C=O) groups is 2. The highest BCUT2D eigenvalue weighted by Gasteiger charge is 2.32. The summed E-state index contributed by atoms with van der Waals surface area (Å²) in [7, 11) is 0. The van der Waals surface area contributed by atoms with Gasteiger partial charge in [-0.15, -0.1) is 0 Å². The Hall–Kier alpha value is -2.66. The number of piperazine rings is 1. The molecule has 0 unspecified atom stereocenters. The predicted molar refractivity (Wildman–Crippen MR) is 132 cm³/mol. The average molecular weight is 448 g/mol. The van der Waals surface area contributed by atoms with E-state index in [0.717, 1.165) is 51.1 Å². The van der Waals surface area contributed by atoms with Crippen LogP contribution in [0.4, 0.5) is 0 Å². The lowest BCUT2D eigenvalue weighted by molar-refractivity contribution is -0.138. The van der Waals surface area contributed by atoms with E-state index in [1.165, 1.54) is 11.1 Å². The standard InChI is InChI=1S/C28H37N3O2/c1-28(2,3)25-11-9-23(10-12-25)26(32)30-15-13-24(14-16-30)27(33)31-19-17-29(18-20-31)21-22-7-5-4-6-8-22/h4-12,24H,13-21H2,1-3H3. The molecular weight excluding hydrogens is 410 g/mol. The number of benzene rings is 2. The molecule has 2 aliphatic heterocycles. The van der Waals surface area contributed by atoms with Crippen LogP contribution in [0.25, 0.3) is 0 Å². The summed E-state index contributed by atoms with van der Waals surface area (Å²) in [6, 6.07) is 18.5. The maximum absolute atomic E-state index is 13.1. The topological polar surface area (TPSA) is 43.9 Å². The van der Waals surface area contributed by atoms with Gasteiger partial charge in [0.25, 0.3) is 5.91 Å². The van der Waals surface area contributed by atoms with Gasteiger partial charge in [-0.1, -0.05) is 63.2 Å². The second kappa shape index (κ2) is 10.1. The zero-order chi connectivity index (χ0) is 23.4. The summed E-state index contributed by atoms with van der Waals surface area (Å²) < 4.78 is 0. The highest BCUT2D eigenvalue weighted by Crippen LogP contribution is 2.25. The summed E-state index contributed by atoms with van der Waals surface area (Å²) in [5.74, 6) is 0.393. The van der Waals surface area contributed by atoms with Crippen molar-refractivity contribution in [3.05, 3.63) is 71.3 Å². The van der Waals surface area contributed by atoms with Crippen LogP contribution in [-0.4, -0.2) is 65.8 Å². The number of rotatable bonds is 4. The van der Waals surface area contributed by atoms with Crippen molar-refractivity contribution < 1.29 is 9.59 Å². The zero-order valence-corrected chi connectivity index (χ0v) is 20.3. The van der Waals surface area contributed by atoms with E-state index in [9.17, 15) is 9.59 Å². The lowest BCUT2D eigenvalue weighted by Crippen LogP contribution is -2.51. The number of carbonyl (C=O) groups excluding carboxylic acids is 2. The number of hydrogen-bond acceptors (Lipinski definition) is 3. The molecule has 5 nitrogen and oxygen atoms in total. The molecule has 2 amide bonds. The van der Waals surface area contributed by atoms with Crippen LogP contribution < -0.4 is 0 Å². The third kappa shape index (κ3) is 5.83. The van der Waals surface area contributed by atoms with Crippen molar-refractivity contribution in [1.82, 2.24) is 14.7 Å². The first kappa shape index (κ1) is 23.5. The summed E-state index contributed by atoms with van der Waals surface area (Å²) >= 11 is 0. The molecule has 0 spiro atoms. The molecule has 2 aliphatic rings. The molecule has 0 N–H and O–H groups in total. The lowest BCUT2D eigenvalue weighted by atomic mass is 9.86. The van der Waals surface area contributed by atoms with Crippen LogP contribution >= 0.6 is 0 Å². The van der Waals surface area contributed by atoms with Crippen molar-refractivity contribution in [2.75, 3.05) is 39.3 Å². The first-order valence-corrected chi connectivity index (χ1v) is 12.3. The van der Waals surface area contributed by atoms with E-state index in [2.05, 4.69) is 62.1 Å². The van der Waals surface area contributed by atoms with E-state index in [0.29, 0.717) is 13.1 Å². The molecule has 0 bridgehead atoms. The van der Waals surface area contributed by atoms with E-state index in [1.807, 2.05) is 28.0 Å². The van der Waals surface area contributed by atoms with E-state index < -0.39 is 0 Å². The molecule has 2 aromatic carbocycles. The molecule has 2 saturated heterocycles. The Bertz CT molecular complexity index is 933. The Kier molecular flexibility index (Phi) is 7.18. The maximum atomic E-state index is 13.1. The van der Waals surface area contributed by atoms with Crippen LogP contribution in [-0.2, 0) is 16.8 Å². The summed E-state index contributed by atoms with van der Waals surface area (Å²) in [4.78, 5) is 32.4. The van der Waals surface area contributed by atoms with Gasteiger partial charge in [0.2, 0.25) is 5.91 Å². The molecule has 2 heterocycles. The van der Waals surface area contributed by atoms with E-state index in [1.54, 1.807) is 0 Å². The van der Waals surface area contributed by atoms with Crippen LogP contribution in [0.2, 0.25) is 0 Å². The van der Waals surface area contributed by atoms with Crippen molar-refractivity contribution in [3.63, 3.8) is 0 Å². The van der Waals surface area contributed by atoms with Gasteiger partial charge in [-0.2, -0.15) is 0 Å². The molecule has 2 aromatic rings. The van der Waals surface area contributed by atoms with Crippen LogP contribution in [0.15, 0.2) is 54.6 Å². The van der Waals surface area contributed by atoms with Crippen molar-refractivity contribution in [1.29, 1.82) is 0 Å². The molecule has 176 valence electrons. The van der Waals surface area contributed by atoms with Crippen molar-refractivity contribution in [2.45, 2.75) is 45.6 Å². The van der Waals surface area contributed by atoms with Gasteiger partial charge in [0, 0.05) is 57.3 Å². The minimum Gasteiger partial charge on any atom is -0.340 e. The summed E-state index contributed by atoms with van der Waals surface area (Å²) in [5, 5.41) is 0. The highest BCUT2D eigenvalue weighted by molar-refractivity contribution is 5.94. The smallest absolute Gasteiger partial charge is 0.253 e. The number of likely N-dealkylation sites (tertiary alicyclic amines) is 1. The fourth-order valence-electron chi connectivity index (χ4n) is 4.85.